The average molecular weight is 324 g/mol. The van der Waals surface area contributed by atoms with Crippen LogP contribution in [0.4, 0.5) is 5.69 Å². The van der Waals surface area contributed by atoms with Crippen molar-refractivity contribution in [2.24, 2.45) is 7.05 Å². The summed E-state index contributed by atoms with van der Waals surface area (Å²) in [4.78, 5) is 3.39. The van der Waals surface area contributed by atoms with Gasteiger partial charge in [0.05, 0.1) is 12.3 Å². The normalized spacial score (nSPS) is 11.4. The second kappa shape index (κ2) is 5.17. The molecule has 0 amide bonds. The predicted octanol–water partition coefficient (Wildman–Crippen LogP) is 3.31. The summed E-state index contributed by atoms with van der Waals surface area (Å²) < 4.78 is 25.0. The molecule has 2 aromatic rings. The van der Waals surface area contributed by atoms with E-state index in [1.165, 1.54) is 4.68 Å². The SMILES string of the molecule is [C-]#[N+]c1cc(Cl)c(-c2nn(C)c(S(C)(=O)=O)c2C)cc1C. The zero-order valence-corrected chi connectivity index (χ0v) is 13.7. The minimum atomic E-state index is -3.38. The lowest BCUT2D eigenvalue weighted by Crippen LogP contribution is -2.06. The quantitative estimate of drug-likeness (QED) is 0.797. The van der Waals surface area contributed by atoms with E-state index < -0.39 is 9.84 Å². The molecule has 0 atom stereocenters. The molecule has 0 fully saturated rings. The van der Waals surface area contributed by atoms with E-state index in [1.54, 1.807) is 26.1 Å². The molecule has 0 spiro atoms. The first-order valence-electron chi connectivity index (χ1n) is 6.08. The molecule has 0 unspecified atom stereocenters. The largest absolute Gasteiger partial charge is 0.256 e. The van der Waals surface area contributed by atoms with E-state index >= 15 is 0 Å². The number of hydrogen-bond donors (Lipinski definition) is 0. The molecule has 0 aliphatic heterocycles. The standard InChI is InChI=1S/C14H14ClN3O2S/c1-8-6-10(11(15)7-12(8)16-3)13-9(2)14(18(4)17-13)21(5,19)20/h6-7H,1-2,4-5H3. The Labute approximate surface area is 128 Å². The van der Waals surface area contributed by atoms with Gasteiger partial charge in [0.15, 0.2) is 20.6 Å². The van der Waals surface area contributed by atoms with E-state index in [0.29, 0.717) is 27.5 Å². The molecule has 0 saturated heterocycles. The van der Waals surface area contributed by atoms with Gasteiger partial charge in [0.1, 0.15) is 0 Å². The molecule has 1 aromatic heterocycles. The first kappa shape index (κ1) is 15.5. The summed E-state index contributed by atoms with van der Waals surface area (Å²) in [6.07, 6.45) is 1.15. The molecule has 0 aliphatic carbocycles. The minimum Gasteiger partial charge on any atom is -0.256 e. The second-order valence-electron chi connectivity index (χ2n) is 4.90. The lowest BCUT2D eigenvalue weighted by atomic mass is 10.0. The third-order valence-electron chi connectivity index (χ3n) is 3.23. The van der Waals surface area contributed by atoms with Crippen molar-refractivity contribution in [1.29, 1.82) is 0 Å². The maximum atomic E-state index is 11.8. The Hall–Kier alpha value is -1.84. The van der Waals surface area contributed by atoms with Crippen molar-refractivity contribution in [3.63, 3.8) is 0 Å². The number of aromatic nitrogens is 2. The van der Waals surface area contributed by atoms with E-state index in [9.17, 15) is 8.42 Å². The highest BCUT2D eigenvalue weighted by molar-refractivity contribution is 7.90. The molecule has 1 heterocycles. The summed E-state index contributed by atoms with van der Waals surface area (Å²) in [5.41, 5.74) is 2.94. The number of rotatable bonds is 2. The highest BCUT2D eigenvalue weighted by Crippen LogP contribution is 2.36. The molecule has 0 bridgehead atoms. The van der Waals surface area contributed by atoms with Crippen LogP contribution in [0, 0.1) is 20.4 Å². The zero-order valence-electron chi connectivity index (χ0n) is 12.1. The monoisotopic (exact) mass is 323 g/mol. The highest BCUT2D eigenvalue weighted by Gasteiger charge is 2.23. The lowest BCUT2D eigenvalue weighted by molar-refractivity contribution is 0.581. The van der Waals surface area contributed by atoms with Gasteiger partial charge in [-0.25, -0.2) is 13.3 Å². The Morgan fingerprint density at radius 3 is 2.43 bits per heavy atom. The molecule has 0 N–H and O–H groups in total. The molecule has 5 nitrogen and oxygen atoms in total. The number of nitrogens with zero attached hydrogens (tertiary/aromatic N) is 3. The summed E-state index contributed by atoms with van der Waals surface area (Å²) in [7, 11) is -1.79. The van der Waals surface area contributed by atoms with E-state index in [2.05, 4.69) is 9.94 Å². The predicted molar refractivity (Wildman–Crippen MR) is 82.5 cm³/mol. The van der Waals surface area contributed by atoms with Crippen LogP contribution in [0.25, 0.3) is 16.1 Å². The van der Waals surface area contributed by atoms with Crippen LogP contribution in [0.1, 0.15) is 11.1 Å². The number of benzene rings is 1. The Morgan fingerprint density at radius 2 is 1.95 bits per heavy atom. The zero-order chi connectivity index (χ0) is 15.9. The van der Waals surface area contributed by atoms with Crippen LogP contribution in [-0.4, -0.2) is 24.5 Å². The lowest BCUT2D eigenvalue weighted by Gasteiger charge is -2.06. The Kier molecular flexibility index (Phi) is 3.83. The minimum absolute atomic E-state index is 0.167. The van der Waals surface area contributed by atoms with Crippen LogP contribution >= 0.6 is 11.6 Å². The summed E-state index contributed by atoms with van der Waals surface area (Å²) in [6, 6.07) is 3.34. The molecule has 0 aliphatic rings. The molecule has 7 heteroatoms. The summed E-state index contributed by atoms with van der Waals surface area (Å²) in [5, 5.41) is 4.83. The Morgan fingerprint density at radius 1 is 1.33 bits per heavy atom. The van der Waals surface area contributed by atoms with Gasteiger partial charge in [-0.3, -0.25) is 4.68 Å². The smallest absolute Gasteiger partial charge is 0.192 e. The van der Waals surface area contributed by atoms with Gasteiger partial charge < -0.3 is 0 Å². The van der Waals surface area contributed by atoms with Crippen LogP contribution in [0.15, 0.2) is 17.2 Å². The molecular weight excluding hydrogens is 310 g/mol. The first-order chi connectivity index (χ1) is 9.66. The molecule has 0 saturated carbocycles. The van der Waals surface area contributed by atoms with Gasteiger partial charge in [-0.15, -0.1) is 0 Å². The van der Waals surface area contributed by atoms with Crippen molar-refractivity contribution in [3.05, 3.63) is 39.7 Å². The average Bonchev–Trinajstić information content (AvgIpc) is 2.66. The van der Waals surface area contributed by atoms with Crippen LogP contribution in [-0.2, 0) is 16.9 Å². The fourth-order valence-corrected chi connectivity index (χ4v) is 3.78. The number of hydrogen-bond acceptors (Lipinski definition) is 3. The van der Waals surface area contributed by atoms with Crippen LogP contribution < -0.4 is 0 Å². The Balaban J connectivity index is 2.76. The Bertz CT molecular complexity index is 877. The molecule has 2 rings (SSSR count). The van der Waals surface area contributed by atoms with E-state index in [0.717, 1.165) is 11.8 Å². The molecule has 110 valence electrons. The van der Waals surface area contributed by atoms with Crippen molar-refractivity contribution in [3.8, 4) is 11.3 Å². The maximum absolute atomic E-state index is 11.8. The van der Waals surface area contributed by atoms with Crippen LogP contribution in [0.3, 0.4) is 0 Å². The van der Waals surface area contributed by atoms with Gasteiger partial charge >= 0.3 is 0 Å². The van der Waals surface area contributed by atoms with Gasteiger partial charge in [-0.1, -0.05) is 17.7 Å². The third kappa shape index (κ3) is 2.67. The van der Waals surface area contributed by atoms with Gasteiger partial charge in [0, 0.05) is 29.5 Å². The van der Waals surface area contributed by atoms with E-state index in [1.807, 2.05) is 6.92 Å². The van der Waals surface area contributed by atoms with Gasteiger partial charge in [0.25, 0.3) is 0 Å². The van der Waals surface area contributed by atoms with Crippen molar-refractivity contribution in [2.45, 2.75) is 18.9 Å². The van der Waals surface area contributed by atoms with Gasteiger partial charge in [-0.05, 0) is 25.5 Å². The number of aryl methyl sites for hydroxylation is 2. The maximum Gasteiger partial charge on any atom is 0.192 e. The molecule has 1 aromatic carbocycles. The third-order valence-corrected chi connectivity index (χ3v) is 4.82. The molecule has 0 radical (unpaired) electrons. The van der Waals surface area contributed by atoms with Gasteiger partial charge in [-0.2, -0.15) is 5.10 Å². The van der Waals surface area contributed by atoms with Crippen molar-refractivity contribution < 1.29 is 8.42 Å². The fraction of sp³-hybridized carbons (Fsp3) is 0.286. The van der Waals surface area contributed by atoms with Crippen LogP contribution in [0.2, 0.25) is 5.02 Å². The number of halogens is 1. The van der Waals surface area contributed by atoms with E-state index in [4.69, 9.17) is 18.2 Å². The summed E-state index contributed by atoms with van der Waals surface area (Å²) in [6.45, 7) is 10.6. The van der Waals surface area contributed by atoms with Crippen molar-refractivity contribution in [1.82, 2.24) is 9.78 Å². The fourth-order valence-electron chi connectivity index (χ4n) is 2.36. The molecular formula is C14H14ClN3O2S. The highest BCUT2D eigenvalue weighted by atomic mass is 35.5. The van der Waals surface area contributed by atoms with Gasteiger partial charge in [0.2, 0.25) is 0 Å². The first-order valence-corrected chi connectivity index (χ1v) is 8.35. The topological polar surface area (TPSA) is 56.3 Å². The van der Waals surface area contributed by atoms with Crippen molar-refractivity contribution >= 4 is 27.1 Å². The molecule has 21 heavy (non-hydrogen) atoms. The summed E-state index contributed by atoms with van der Waals surface area (Å²) >= 11 is 6.22. The van der Waals surface area contributed by atoms with Crippen LogP contribution in [0.5, 0.6) is 0 Å². The summed E-state index contributed by atoms with van der Waals surface area (Å²) in [5.74, 6) is 0. The van der Waals surface area contributed by atoms with E-state index in [-0.39, 0.29) is 5.03 Å². The van der Waals surface area contributed by atoms with Crippen molar-refractivity contribution in [2.75, 3.05) is 6.26 Å². The number of sulfone groups is 1. The second-order valence-corrected chi connectivity index (χ2v) is 7.24.